The van der Waals surface area contributed by atoms with E-state index in [1.54, 1.807) is 6.07 Å². The van der Waals surface area contributed by atoms with Gasteiger partial charge in [-0.05, 0) is 36.8 Å². The zero-order valence-electron chi connectivity index (χ0n) is 11.9. The van der Waals surface area contributed by atoms with Crippen molar-refractivity contribution in [2.45, 2.75) is 45.6 Å². The summed E-state index contributed by atoms with van der Waals surface area (Å²) in [5, 5.41) is 12.0. The first-order valence-electron chi connectivity index (χ1n) is 7.13. The summed E-state index contributed by atoms with van der Waals surface area (Å²) < 4.78 is 0. The maximum atomic E-state index is 12.2. The van der Waals surface area contributed by atoms with E-state index < -0.39 is 5.97 Å². The lowest BCUT2D eigenvalue weighted by Crippen LogP contribution is -2.43. The predicted octanol–water partition coefficient (Wildman–Crippen LogP) is 3.39. The second-order valence-corrected chi connectivity index (χ2v) is 6.83. The summed E-state index contributed by atoms with van der Waals surface area (Å²) in [4.78, 5) is 23.8. The van der Waals surface area contributed by atoms with Crippen molar-refractivity contribution in [1.29, 1.82) is 0 Å². The molecular formula is C15H21NO3S. The van der Waals surface area contributed by atoms with Crippen molar-refractivity contribution >= 4 is 23.2 Å². The molecule has 1 aromatic rings. The molecule has 2 rings (SSSR count). The highest BCUT2D eigenvalue weighted by Gasteiger charge is 2.29. The average Bonchev–Trinajstić information content (AvgIpc) is 2.89. The smallest absolute Gasteiger partial charge is 0.345 e. The Morgan fingerprint density at radius 1 is 1.25 bits per heavy atom. The van der Waals surface area contributed by atoms with Crippen molar-refractivity contribution in [2.24, 2.45) is 11.8 Å². The number of carboxylic acid groups (broad SMARTS) is 1. The van der Waals surface area contributed by atoms with E-state index in [2.05, 4.69) is 19.2 Å². The van der Waals surface area contributed by atoms with Gasteiger partial charge in [-0.3, -0.25) is 4.79 Å². The average molecular weight is 295 g/mol. The molecule has 1 amide bonds. The number of amides is 1. The van der Waals surface area contributed by atoms with Crippen LogP contribution < -0.4 is 5.32 Å². The Morgan fingerprint density at radius 3 is 2.50 bits per heavy atom. The number of carbonyl (C=O) groups is 2. The van der Waals surface area contributed by atoms with Gasteiger partial charge in [0.2, 0.25) is 0 Å². The summed E-state index contributed by atoms with van der Waals surface area (Å²) >= 11 is 1.04. The highest BCUT2D eigenvalue weighted by Crippen LogP contribution is 2.30. The Bertz CT molecular complexity index is 495. The van der Waals surface area contributed by atoms with Gasteiger partial charge in [0.15, 0.2) is 0 Å². The molecule has 1 aliphatic rings. The number of hydrogen-bond donors (Lipinski definition) is 2. The number of carboxylic acids is 1. The molecule has 110 valence electrons. The van der Waals surface area contributed by atoms with Crippen LogP contribution in [0.2, 0.25) is 0 Å². The molecule has 2 atom stereocenters. The minimum Gasteiger partial charge on any atom is -0.477 e. The summed E-state index contributed by atoms with van der Waals surface area (Å²) in [5.74, 6) is -0.0445. The largest absolute Gasteiger partial charge is 0.477 e. The van der Waals surface area contributed by atoms with Crippen LogP contribution in [0, 0.1) is 11.8 Å². The highest BCUT2D eigenvalue weighted by molar-refractivity contribution is 7.15. The number of rotatable bonds is 4. The molecule has 0 aliphatic heterocycles. The van der Waals surface area contributed by atoms with Crippen LogP contribution in [0.4, 0.5) is 0 Å². The van der Waals surface area contributed by atoms with Crippen molar-refractivity contribution < 1.29 is 14.7 Å². The number of thiophene rings is 1. The molecule has 4 nitrogen and oxygen atoms in total. The normalized spacial score (nSPS) is 22.8. The maximum Gasteiger partial charge on any atom is 0.345 e. The molecule has 0 bridgehead atoms. The molecule has 2 unspecified atom stereocenters. The molecule has 0 radical (unpaired) electrons. The first kappa shape index (κ1) is 15.0. The minimum atomic E-state index is -0.980. The Morgan fingerprint density at radius 2 is 1.90 bits per heavy atom. The molecule has 0 aromatic carbocycles. The standard InChI is InChI=1S/C15H21NO3S/c1-9(2)10-5-3-4-6-11(10)16-14(17)12-7-8-13(20-12)15(18)19/h7-11H,3-6H2,1-2H3,(H,16,17)(H,18,19). The topological polar surface area (TPSA) is 66.4 Å². The van der Waals surface area contributed by atoms with Crippen molar-refractivity contribution in [3.63, 3.8) is 0 Å². The van der Waals surface area contributed by atoms with E-state index in [9.17, 15) is 9.59 Å². The Hall–Kier alpha value is -1.36. The Kier molecular flexibility index (Phi) is 4.81. The Labute approximate surface area is 123 Å². The van der Waals surface area contributed by atoms with E-state index in [4.69, 9.17) is 5.11 Å². The fourth-order valence-electron chi connectivity index (χ4n) is 2.95. The fraction of sp³-hybridized carbons (Fsp3) is 0.600. The van der Waals surface area contributed by atoms with E-state index in [0.717, 1.165) is 30.6 Å². The first-order chi connectivity index (χ1) is 9.49. The van der Waals surface area contributed by atoms with Gasteiger partial charge in [0, 0.05) is 6.04 Å². The molecule has 1 saturated carbocycles. The molecule has 2 N–H and O–H groups in total. The van der Waals surface area contributed by atoms with Gasteiger partial charge < -0.3 is 10.4 Å². The third-order valence-electron chi connectivity index (χ3n) is 4.03. The van der Waals surface area contributed by atoms with Crippen LogP contribution in [0.1, 0.15) is 58.9 Å². The molecule has 1 aliphatic carbocycles. The van der Waals surface area contributed by atoms with Crippen molar-refractivity contribution in [1.82, 2.24) is 5.32 Å². The van der Waals surface area contributed by atoms with Crippen molar-refractivity contribution in [3.05, 3.63) is 21.9 Å². The number of hydrogen-bond acceptors (Lipinski definition) is 3. The van der Waals surface area contributed by atoms with Gasteiger partial charge in [-0.1, -0.05) is 26.7 Å². The van der Waals surface area contributed by atoms with Crippen LogP contribution in [0.25, 0.3) is 0 Å². The third kappa shape index (κ3) is 3.39. The summed E-state index contributed by atoms with van der Waals surface area (Å²) in [6, 6.07) is 3.30. The summed E-state index contributed by atoms with van der Waals surface area (Å²) in [6.07, 6.45) is 4.57. The van der Waals surface area contributed by atoms with E-state index in [1.165, 1.54) is 12.5 Å². The van der Waals surface area contributed by atoms with Gasteiger partial charge in [-0.2, -0.15) is 0 Å². The van der Waals surface area contributed by atoms with E-state index >= 15 is 0 Å². The highest BCUT2D eigenvalue weighted by atomic mass is 32.1. The maximum absolute atomic E-state index is 12.2. The number of nitrogens with one attached hydrogen (secondary N) is 1. The zero-order valence-corrected chi connectivity index (χ0v) is 12.7. The quantitative estimate of drug-likeness (QED) is 0.894. The van der Waals surface area contributed by atoms with Crippen LogP contribution in [0.15, 0.2) is 12.1 Å². The monoisotopic (exact) mass is 295 g/mol. The van der Waals surface area contributed by atoms with Gasteiger partial charge in [0.1, 0.15) is 4.88 Å². The van der Waals surface area contributed by atoms with E-state index in [1.807, 2.05) is 0 Å². The van der Waals surface area contributed by atoms with Gasteiger partial charge in [0.25, 0.3) is 5.91 Å². The van der Waals surface area contributed by atoms with E-state index in [-0.39, 0.29) is 16.8 Å². The fourth-order valence-corrected chi connectivity index (χ4v) is 3.70. The lowest BCUT2D eigenvalue weighted by molar-refractivity contribution is 0.0702. The molecule has 1 heterocycles. The zero-order chi connectivity index (χ0) is 14.7. The number of carbonyl (C=O) groups excluding carboxylic acids is 1. The molecule has 20 heavy (non-hydrogen) atoms. The predicted molar refractivity (Wildman–Crippen MR) is 79.3 cm³/mol. The van der Waals surface area contributed by atoms with Crippen molar-refractivity contribution in [3.8, 4) is 0 Å². The van der Waals surface area contributed by atoms with Crippen LogP contribution in [0.5, 0.6) is 0 Å². The lowest BCUT2D eigenvalue weighted by atomic mass is 9.78. The van der Waals surface area contributed by atoms with Gasteiger partial charge in [0.05, 0.1) is 4.88 Å². The second kappa shape index (κ2) is 6.39. The van der Waals surface area contributed by atoms with Crippen LogP contribution >= 0.6 is 11.3 Å². The minimum absolute atomic E-state index is 0.139. The van der Waals surface area contributed by atoms with E-state index in [0.29, 0.717) is 16.7 Å². The SMILES string of the molecule is CC(C)C1CCCCC1NC(=O)c1ccc(C(=O)O)s1. The third-order valence-corrected chi connectivity index (χ3v) is 5.10. The van der Waals surface area contributed by atoms with Gasteiger partial charge in [-0.15, -0.1) is 11.3 Å². The molecule has 5 heteroatoms. The first-order valence-corrected chi connectivity index (χ1v) is 7.94. The molecule has 1 fully saturated rings. The Balaban J connectivity index is 2.03. The van der Waals surface area contributed by atoms with Crippen LogP contribution in [-0.4, -0.2) is 23.0 Å². The van der Waals surface area contributed by atoms with Gasteiger partial charge in [-0.25, -0.2) is 4.79 Å². The van der Waals surface area contributed by atoms with Crippen molar-refractivity contribution in [2.75, 3.05) is 0 Å². The van der Waals surface area contributed by atoms with Crippen LogP contribution in [0.3, 0.4) is 0 Å². The van der Waals surface area contributed by atoms with Crippen LogP contribution in [-0.2, 0) is 0 Å². The lowest BCUT2D eigenvalue weighted by Gasteiger charge is -2.34. The molecule has 0 spiro atoms. The molecular weight excluding hydrogens is 274 g/mol. The summed E-state index contributed by atoms with van der Waals surface area (Å²) in [7, 11) is 0. The second-order valence-electron chi connectivity index (χ2n) is 5.74. The molecule has 1 aromatic heterocycles. The number of aromatic carboxylic acids is 1. The van der Waals surface area contributed by atoms with Gasteiger partial charge >= 0.3 is 5.97 Å². The summed E-state index contributed by atoms with van der Waals surface area (Å²) in [5.41, 5.74) is 0. The molecule has 0 saturated heterocycles. The summed E-state index contributed by atoms with van der Waals surface area (Å²) in [6.45, 7) is 4.39.